The van der Waals surface area contributed by atoms with Crippen molar-refractivity contribution in [3.63, 3.8) is 0 Å². The Morgan fingerprint density at radius 3 is 2.30 bits per heavy atom. The standard InChI is InChI=1S/C14H25N5O/c1-14(2,10-18(3)4)9-15-12-8-7-11(16-17-12)13(20)19(5)6/h7-8H,9-10H2,1-6H3,(H,15,17). The average molecular weight is 279 g/mol. The van der Waals surface area contributed by atoms with Gasteiger partial charge in [0.25, 0.3) is 5.91 Å². The van der Waals surface area contributed by atoms with Crippen LogP contribution in [0.3, 0.4) is 0 Å². The fourth-order valence-electron chi connectivity index (χ4n) is 2.01. The van der Waals surface area contributed by atoms with Crippen LogP contribution >= 0.6 is 0 Å². The summed E-state index contributed by atoms with van der Waals surface area (Å²) >= 11 is 0. The second-order valence-corrected chi connectivity index (χ2v) is 6.26. The van der Waals surface area contributed by atoms with Gasteiger partial charge in [0, 0.05) is 27.2 Å². The Kier molecular flexibility index (Phi) is 5.44. The molecule has 0 radical (unpaired) electrons. The lowest BCUT2D eigenvalue weighted by Crippen LogP contribution is -2.34. The number of anilines is 1. The predicted molar refractivity (Wildman–Crippen MR) is 80.9 cm³/mol. The Labute approximate surface area is 121 Å². The van der Waals surface area contributed by atoms with E-state index >= 15 is 0 Å². The first-order chi connectivity index (χ1) is 9.21. The first-order valence-corrected chi connectivity index (χ1v) is 6.65. The average Bonchev–Trinajstić information content (AvgIpc) is 2.34. The van der Waals surface area contributed by atoms with E-state index in [9.17, 15) is 4.79 Å². The smallest absolute Gasteiger partial charge is 0.273 e. The third-order valence-electron chi connectivity index (χ3n) is 2.78. The molecular weight excluding hydrogens is 254 g/mol. The Morgan fingerprint density at radius 2 is 1.85 bits per heavy atom. The number of carbonyl (C=O) groups excluding carboxylic acids is 1. The lowest BCUT2D eigenvalue weighted by atomic mass is 9.93. The van der Waals surface area contributed by atoms with Crippen molar-refractivity contribution in [2.24, 2.45) is 5.41 Å². The molecule has 1 aromatic rings. The molecule has 0 spiro atoms. The van der Waals surface area contributed by atoms with Crippen LogP contribution in [0.1, 0.15) is 24.3 Å². The van der Waals surface area contributed by atoms with Gasteiger partial charge in [0.15, 0.2) is 5.69 Å². The van der Waals surface area contributed by atoms with Gasteiger partial charge in [-0.25, -0.2) is 0 Å². The van der Waals surface area contributed by atoms with Gasteiger partial charge >= 0.3 is 0 Å². The van der Waals surface area contributed by atoms with Gasteiger partial charge in [-0.1, -0.05) is 13.8 Å². The molecule has 1 amide bonds. The van der Waals surface area contributed by atoms with Gasteiger partial charge in [0.2, 0.25) is 0 Å². The molecule has 20 heavy (non-hydrogen) atoms. The molecular formula is C14H25N5O. The molecule has 0 unspecified atom stereocenters. The minimum atomic E-state index is -0.142. The second kappa shape index (κ2) is 6.65. The topological polar surface area (TPSA) is 61.4 Å². The number of nitrogens with one attached hydrogen (secondary N) is 1. The van der Waals surface area contributed by atoms with Gasteiger partial charge in [-0.2, -0.15) is 0 Å². The summed E-state index contributed by atoms with van der Waals surface area (Å²) in [5.41, 5.74) is 0.483. The van der Waals surface area contributed by atoms with E-state index in [1.165, 1.54) is 4.90 Å². The summed E-state index contributed by atoms with van der Waals surface area (Å²) in [6.45, 7) is 6.15. The van der Waals surface area contributed by atoms with Crippen LogP contribution in [-0.4, -0.2) is 67.2 Å². The second-order valence-electron chi connectivity index (χ2n) is 6.26. The third kappa shape index (κ3) is 5.13. The quantitative estimate of drug-likeness (QED) is 0.847. The molecule has 0 atom stereocenters. The summed E-state index contributed by atoms with van der Waals surface area (Å²) in [7, 11) is 7.51. The van der Waals surface area contributed by atoms with E-state index in [0.717, 1.165) is 13.1 Å². The van der Waals surface area contributed by atoms with E-state index in [4.69, 9.17) is 0 Å². The van der Waals surface area contributed by atoms with Crippen molar-refractivity contribution in [2.75, 3.05) is 46.6 Å². The lowest BCUT2D eigenvalue weighted by molar-refractivity contribution is 0.0821. The molecule has 1 rings (SSSR count). The number of carbonyl (C=O) groups is 1. The molecule has 0 aliphatic carbocycles. The zero-order valence-electron chi connectivity index (χ0n) is 13.3. The number of nitrogens with zero attached hydrogens (tertiary/aromatic N) is 4. The minimum Gasteiger partial charge on any atom is -0.368 e. The van der Waals surface area contributed by atoms with Gasteiger partial charge in [-0.05, 0) is 31.6 Å². The lowest BCUT2D eigenvalue weighted by Gasteiger charge is -2.28. The molecule has 1 heterocycles. The van der Waals surface area contributed by atoms with E-state index in [2.05, 4.69) is 48.4 Å². The SMILES string of the molecule is CN(C)CC(C)(C)CNc1ccc(C(=O)N(C)C)nn1. The Morgan fingerprint density at radius 1 is 1.20 bits per heavy atom. The van der Waals surface area contributed by atoms with Gasteiger partial charge in [0.1, 0.15) is 5.82 Å². The fraction of sp³-hybridized carbons (Fsp3) is 0.643. The van der Waals surface area contributed by atoms with Crippen molar-refractivity contribution < 1.29 is 4.79 Å². The van der Waals surface area contributed by atoms with Crippen molar-refractivity contribution >= 4 is 11.7 Å². The Hall–Kier alpha value is -1.69. The van der Waals surface area contributed by atoms with Crippen molar-refractivity contribution in [3.8, 4) is 0 Å². The molecule has 1 N–H and O–H groups in total. The van der Waals surface area contributed by atoms with Crippen LogP contribution < -0.4 is 5.32 Å². The van der Waals surface area contributed by atoms with E-state index < -0.39 is 0 Å². The van der Waals surface area contributed by atoms with Crippen LogP contribution in [0.2, 0.25) is 0 Å². The Bertz CT molecular complexity index is 439. The predicted octanol–water partition coefficient (Wildman–Crippen LogP) is 1.18. The van der Waals surface area contributed by atoms with Crippen LogP contribution in [0.4, 0.5) is 5.82 Å². The maximum atomic E-state index is 11.7. The first kappa shape index (κ1) is 16.4. The van der Waals surface area contributed by atoms with Crippen LogP contribution in [0.5, 0.6) is 0 Å². The number of hydrogen-bond acceptors (Lipinski definition) is 5. The van der Waals surface area contributed by atoms with E-state index in [0.29, 0.717) is 11.5 Å². The minimum absolute atomic E-state index is 0.128. The molecule has 0 aliphatic heterocycles. The number of hydrogen-bond donors (Lipinski definition) is 1. The van der Waals surface area contributed by atoms with Crippen molar-refractivity contribution in [1.29, 1.82) is 0 Å². The molecule has 0 aromatic carbocycles. The summed E-state index contributed by atoms with van der Waals surface area (Å²) in [6, 6.07) is 3.48. The number of amides is 1. The highest BCUT2D eigenvalue weighted by Crippen LogP contribution is 2.16. The van der Waals surface area contributed by atoms with Gasteiger partial charge < -0.3 is 15.1 Å². The summed E-state index contributed by atoms with van der Waals surface area (Å²) in [5, 5.41) is 11.2. The highest BCUT2D eigenvalue weighted by molar-refractivity contribution is 5.91. The monoisotopic (exact) mass is 279 g/mol. The molecule has 1 aromatic heterocycles. The maximum Gasteiger partial charge on any atom is 0.273 e. The highest BCUT2D eigenvalue weighted by Gasteiger charge is 2.19. The molecule has 0 fully saturated rings. The summed E-state index contributed by atoms with van der Waals surface area (Å²) in [5.74, 6) is 0.545. The number of aromatic nitrogens is 2. The van der Waals surface area contributed by atoms with Gasteiger partial charge in [-0.3, -0.25) is 4.79 Å². The number of rotatable bonds is 6. The zero-order valence-corrected chi connectivity index (χ0v) is 13.3. The van der Waals surface area contributed by atoms with E-state index in [1.807, 2.05) is 0 Å². The highest BCUT2D eigenvalue weighted by atomic mass is 16.2. The zero-order chi connectivity index (χ0) is 15.3. The summed E-state index contributed by atoms with van der Waals surface area (Å²) in [4.78, 5) is 15.3. The fourth-order valence-corrected chi connectivity index (χ4v) is 2.01. The molecule has 6 heteroatoms. The van der Waals surface area contributed by atoms with E-state index in [1.54, 1.807) is 26.2 Å². The van der Waals surface area contributed by atoms with Gasteiger partial charge in [-0.15, -0.1) is 10.2 Å². The molecule has 0 bridgehead atoms. The van der Waals surface area contributed by atoms with Crippen LogP contribution in [-0.2, 0) is 0 Å². The van der Waals surface area contributed by atoms with Crippen molar-refractivity contribution in [2.45, 2.75) is 13.8 Å². The molecule has 0 saturated heterocycles. The molecule has 112 valence electrons. The van der Waals surface area contributed by atoms with Gasteiger partial charge in [0.05, 0.1) is 0 Å². The maximum absolute atomic E-state index is 11.7. The summed E-state index contributed by atoms with van der Waals surface area (Å²) < 4.78 is 0. The first-order valence-electron chi connectivity index (χ1n) is 6.65. The van der Waals surface area contributed by atoms with Crippen LogP contribution in [0, 0.1) is 5.41 Å². The largest absolute Gasteiger partial charge is 0.368 e. The Balaban J connectivity index is 2.60. The third-order valence-corrected chi connectivity index (χ3v) is 2.78. The van der Waals surface area contributed by atoms with Crippen LogP contribution in [0.15, 0.2) is 12.1 Å². The van der Waals surface area contributed by atoms with Crippen molar-refractivity contribution in [1.82, 2.24) is 20.0 Å². The van der Waals surface area contributed by atoms with Crippen molar-refractivity contribution in [3.05, 3.63) is 17.8 Å². The molecule has 6 nitrogen and oxygen atoms in total. The van der Waals surface area contributed by atoms with E-state index in [-0.39, 0.29) is 11.3 Å². The summed E-state index contributed by atoms with van der Waals surface area (Å²) in [6.07, 6.45) is 0. The molecule has 0 aliphatic rings. The molecule has 0 saturated carbocycles. The van der Waals surface area contributed by atoms with Crippen LogP contribution in [0.25, 0.3) is 0 Å². The normalized spacial score (nSPS) is 11.6.